The summed E-state index contributed by atoms with van der Waals surface area (Å²) in [5.41, 5.74) is 2.39. The quantitative estimate of drug-likeness (QED) is 0.735. The lowest BCUT2D eigenvalue weighted by Gasteiger charge is -2.19. The zero-order valence-corrected chi connectivity index (χ0v) is 18.0. The first-order valence-corrected chi connectivity index (χ1v) is 9.62. The van der Waals surface area contributed by atoms with Crippen molar-refractivity contribution in [2.24, 2.45) is 0 Å². The number of nitrogens with one attached hydrogen (secondary N) is 2. The van der Waals surface area contributed by atoms with Crippen LogP contribution in [0.15, 0.2) is 42.5 Å². The average Bonchev–Trinajstić information content (AvgIpc) is 2.65. The van der Waals surface area contributed by atoms with Crippen LogP contribution in [0.1, 0.15) is 50.5 Å². The maximum atomic E-state index is 12.6. The molecule has 0 aliphatic rings. The number of hydrogen-bond acceptors (Lipinski definition) is 4. The number of ether oxygens (including phenoxy) is 2. The van der Waals surface area contributed by atoms with Crippen molar-refractivity contribution < 1.29 is 19.1 Å². The highest BCUT2D eigenvalue weighted by molar-refractivity contribution is 6.04. The highest BCUT2D eigenvalue weighted by Gasteiger charge is 2.15. The Morgan fingerprint density at radius 2 is 1.66 bits per heavy atom. The van der Waals surface area contributed by atoms with E-state index in [0.29, 0.717) is 22.7 Å². The summed E-state index contributed by atoms with van der Waals surface area (Å²) in [5, 5.41) is 5.63. The molecule has 29 heavy (non-hydrogen) atoms. The maximum absolute atomic E-state index is 12.6. The summed E-state index contributed by atoms with van der Waals surface area (Å²) in [4.78, 5) is 24.3. The normalized spacial score (nSPS) is 11.1. The summed E-state index contributed by atoms with van der Waals surface area (Å²) in [6.45, 7) is 10.1. The molecular formula is C23H30N2O4. The first-order valence-electron chi connectivity index (χ1n) is 9.62. The van der Waals surface area contributed by atoms with Crippen LogP contribution in [0.25, 0.3) is 0 Å². The number of benzene rings is 2. The fourth-order valence-corrected chi connectivity index (χ4v) is 2.69. The van der Waals surface area contributed by atoms with E-state index in [1.165, 1.54) is 12.7 Å². The minimum Gasteiger partial charge on any atom is -0.493 e. The molecule has 0 fully saturated rings. The molecule has 0 atom stereocenters. The lowest BCUT2D eigenvalue weighted by molar-refractivity contribution is -0.123. The summed E-state index contributed by atoms with van der Waals surface area (Å²) >= 11 is 0. The van der Waals surface area contributed by atoms with Crippen LogP contribution in [0.2, 0.25) is 0 Å². The van der Waals surface area contributed by atoms with Crippen LogP contribution in [0, 0.1) is 0 Å². The van der Waals surface area contributed by atoms with E-state index in [-0.39, 0.29) is 29.9 Å². The van der Waals surface area contributed by atoms with E-state index in [2.05, 4.69) is 31.4 Å². The van der Waals surface area contributed by atoms with Crippen LogP contribution < -0.4 is 20.1 Å². The van der Waals surface area contributed by atoms with Crippen LogP contribution in [0.3, 0.4) is 0 Å². The van der Waals surface area contributed by atoms with Crippen molar-refractivity contribution in [2.75, 3.05) is 19.0 Å². The smallest absolute Gasteiger partial charge is 0.258 e. The molecule has 0 spiro atoms. The van der Waals surface area contributed by atoms with Crippen LogP contribution in [-0.4, -0.2) is 31.6 Å². The standard InChI is InChI=1S/C23H30N2O4/c1-15(2)24-21(26)14-29-19-12-7-16(13-20(19)28-6)22(27)25-18-10-8-17(9-11-18)23(3,4)5/h7-13,15H,14H2,1-6H3,(H,24,26)(H,25,27). The van der Waals surface area contributed by atoms with Crippen molar-refractivity contribution in [3.63, 3.8) is 0 Å². The van der Waals surface area contributed by atoms with E-state index in [1.54, 1.807) is 18.2 Å². The molecule has 6 heteroatoms. The van der Waals surface area contributed by atoms with Gasteiger partial charge in [0.15, 0.2) is 18.1 Å². The van der Waals surface area contributed by atoms with Crippen molar-refractivity contribution in [3.8, 4) is 11.5 Å². The molecule has 2 aromatic carbocycles. The lowest BCUT2D eigenvalue weighted by Crippen LogP contribution is -2.34. The molecule has 2 N–H and O–H groups in total. The number of hydrogen-bond donors (Lipinski definition) is 2. The van der Waals surface area contributed by atoms with Crippen LogP contribution >= 0.6 is 0 Å². The Morgan fingerprint density at radius 1 is 1.00 bits per heavy atom. The molecule has 2 aromatic rings. The van der Waals surface area contributed by atoms with Gasteiger partial charge in [0.2, 0.25) is 0 Å². The number of carbonyl (C=O) groups is 2. The number of amides is 2. The average molecular weight is 399 g/mol. The molecule has 0 bridgehead atoms. The summed E-state index contributed by atoms with van der Waals surface area (Å²) in [6, 6.07) is 12.7. The monoisotopic (exact) mass is 398 g/mol. The third kappa shape index (κ3) is 6.52. The largest absolute Gasteiger partial charge is 0.493 e. The van der Waals surface area contributed by atoms with Crippen molar-refractivity contribution in [1.82, 2.24) is 5.32 Å². The number of carbonyl (C=O) groups excluding carboxylic acids is 2. The van der Waals surface area contributed by atoms with Gasteiger partial charge in [-0.05, 0) is 55.2 Å². The van der Waals surface area contributed by atoms with E-state index >= 15 is 0 Å². The van der Waals surface area contributed by atoms with Crippen molar-refractivity contribution >= 4 is 17.5 Å². The minimum atomic E-state index is -0.254. The highest BCUT2D eigenvalue weighted by Crippen LogP contribution is 2.29. The Labute approximate surface area is 172 Å². The first-order chi connectivity index (χ1) is 13.6. The molecular weight excluding hydrogens is 368 g/mol. The van der Waals surface area contributed by atoms with Gasteiger partial charge in [-0.3, -0.25) is 9.59 Å². The maximum Gasteiger partial charge on any atom is 0.258 e. The van der Waals surface area contributed by atoms with Gasteiger partial charge in [0, 0.05) is 17.3 Å². The van der Waals surface area contributed by atoms with Gasteiger partial charge in [-0.15, -0.1) is 0 Å². The van der Waals surface area contributed by atoms with E-state index < -0.39 is 0 Å². The number of anilines is 1. The van der Waals surface area contributed by atoms with Gasteiger partial charge >= 0.3 is 0 Å². The van der Waals surface area contributed by atoms with Crippen LogP contribution in [-0.2, 0) is 10.2 Å². The van der Waals surface area contributed by atoms with Gasteiger partial charge in [-0.2, -0.15) is 0 Å². The molecule has 0 unspecified atom stereocenters. The molecule has 0 aliphatic carbocycles. The molecule has 0 aromatic heterocycles. The third-order valence-electron chi connectivity index (χ3n) is 4.24. The molecule has 0 saturated carbocycles. The Kier molecular flexibility index (Phi) is 7.26. The van der Waals surface area contributed by atoms with Gasteiger partial charge in [0.1, 0.15) is 0 Å². The minimum absolute atomic E-state index is 0.0385. The lowest BCUT2D eigenvalue weighted by atomic mass is 9.87. The second-order valence-corrected chi connectivity index (χ2v) is 8.16. The van der Waals surface area contributed by atoms with Gasteiger partial charge < -0.3 is 20.1 Å². The Hall–Kier alpha value is -3.02. The zero-order valence-electron chi connectivity index (χ0n) is 18.0. The van der Waals surface area contributed by atoms with E-state index in [4.69, 9.17) is 9.47 Å². The molecule has 156 valence electrons. The van der Waals surface area contributed by atoms with Gasteiger partial charge in [-0.1, -0.05) is 32.9 Å². The molecule has 2 amide bonds. The molecule has 0 heterocycles. The number of methoxy groups -OCH3 is 1. The van der Waals surface area contributed by atoms with E-state index in [0.717, 1.165) is 0 Å². The van der Waals surface area contributed by atoms with Crippen LogP contribution in [0.5, 0.6) is 11.5 Å². The van der Waals surface area contributed by atoms with E-state index in [1.807, 2.05) is 38.1 Å². The van der Waals surface area contributed by atoms with Gasteiger partial charge in [0.25, 0.3) is 11.8 Å². The summed E-state index contributed by atoms with van der Waals surface area (Å²) in [5.74, 6) is 0.314. The van der Waals surface area contributed by atoms with Gasteiger partial charge in [0.05, 0.1) is 7.11 Å². The first kappa shape index (κ1) is 22.3. The SMILES string of the molecule is COc1cc(C(=O)Nc2ccc(C(C)(C)C)cc2)ccc1OCC(=O)NC(C)C. The van der Waals surface area contributed by atoms with Crippen molar-refractivity contribution in [3.05, 3.63) is 53.6 Å². The predicted octanol–water partition coefficient (Wildman–Crippen LogP) is 4.15. The summed E-state index contributed by atoms with van der Waals surface area (Å²) in [6.07, 6.45) is 0. The Balaban J connectivity index is 2.06. The predicted molar refractivity (Wildman–Crippen MR) is 115 cm³/mol. The highest BCUT2D eigenvalue weighted by atomic mass is 16.5. The summed E-state index contributed by atoms with van der Waals surface area (Å²) in [7, 11) is 1.49. The zero-order chi connectivity index (χ0) is 21.6. The fraction of sp³-hybridized carbons (Fsp3) is 0.391. The van der Waals surface area contributed by atoms with Crippen LogP contribution in [0.4, 0.5) is 5.69 Å². The molecule has 0 saturated heterocycles. The molecule has 2 rings (SSSR count). The molecule has 0 aliphatic heterocycles. The number of rotatable bonds is 7. The van der Waals surface area contributed by atoms with E-state index in [9.17, 15) is 9.59 Å². The second-order valence-electron chi connectivity index (χ2n) is 8.16. The summed E-state index contributed by atoms with van der Waals surface area (Å²) < 4.78 is 10.8. The molecule has 0 radical (unpaired) electrons. The van der Waals surface area contributed by atoms with Crippen molar-refractivity contribution in [1.29, 1.82) is 0 Å². The topological polar surface area (TPSA) is 76.7 Å². The van der Waals surface area contributed by atoms with Gasteiger partial charge in [-0.25, -0.2) is 0 Å². The molecule has 6 nitrogen and oxygen atoms in total. The fourth-order valence-electron chi connectivity index (χ4n) is 2.69. The Bertz CT molecular complexity index is 852. The second kappa shape index (κ2) is 9.45. The Morgan fingerprint density at radius 3 is 2.21 bits per heavy atom. The van der Waals surface area contributed by atoms with Crippen molar-refractivity contribution in [2.45, 2.75) is 46.1 Å². The third-order valence-corrected chi connectivity index (χ3v) is 4.24.